The zero-order valence-electron chi connectivity index (χ0n) is 22.3. The second-order valence-electron chi connectivity index (χ2n) is 10.8. The summed E-state index contributed by atoms with van der Waals surface area (Å²) in [4.78, 5) is 36.5. The monoisotopic (exact) mass is 509 g/mol. The molecule has 0 saturated heterocycles. The van der Waals surface area contributed by atoms with Crippen LogP contribution in [0.5, 0.6) is 0 Å². The van der Waals surface area contributed by atoms with Crippen molar-refractivity contribution in [2.75, 3.05) is 30.0 Å². The Morgan fingerprint density at radius 3 is 2.61 bits per heavy atom. The molecule has 3 aromatic rings. The van der Waals surface area contributed by atoms with E-state index >= 15 is 0 Å². The normalized spacial score (nSPS) is 11.6. The highest BCUT2D eigenvalue weighted by molar-refractivity contribution is 6.76. The number of anilines is 2. The molecule has 0 bridgehead atoms. The number of aromatic nitrogens is 3. The van der Waals surface area contributed by atoms with E-state index in [2.05, 4.69) is 48.4 Å². The minimum absolute atomic E-state index is 0.134. The van der Waals surface area contributed by atoms with Crippen LogP contribution in [0.25, 0.3) is 0 Å². The van der Waals surface area contributed by atoms with Gasteiger partial charge in [-0.3, -0.25) is 9.59 Å². The van der Waals surface area contributed by atoms with Gasteiger partial charge in [-0.2, -0.15) is 0 Å². The number of rotatable bonds is 12. The summed E-state index contributed by atoms with van der Waals surface area (Å²) in [5, 5.41) is 0. The number of hydrogen-bond acceptors (Lipinski definition) is 5. The highest BCUT2D eigenvalue weighted by atomic mass is 28.3. The van der Waals surface area contributed by atoms with E-state index in [9.17, 15) is 9.59 Å². The smallest absolute Gasteiger partial charge is 0.263 e. The molecule has 8 nitrogen and oxygen atoms in total. The van der Waals surface area contributed by atoms with Crippen molar-refractivity contribution in [1.29, 1.82) is 0 Å². The average Bonchev–Trinajstić information content (AvgIpc) is 3.26. The molecule has 3 rings (SSSR count). The van der Waals surface area contributed by atoms with E-state index in [0.717, 1.165) is 29.7 Å². The molecule has 0 fully saturated rings. The Hall–Kier alpha value is -3.17. The van der Waals surface area contributed by atoms with Gasteiger partial charge in [0, 0.05) is 52.0 Å². The highest BCUT2D eigenvalue weighted by Gasteiger charge is 2.22. The highest BCUT2D eigenvalue weighted by Crippen LogP contribution is 2.25. The van der Waals surface area contributed by atoms with Crippen LogP contribution >= 0.6 is 0 Å². The number of nitrogens with zero attached hydrogens (tertiary/aromatic N) is 4. The maximum atomic E-state index is 13.3. The van der Waals surface area contributed by atoms with Gasteiger partial charge in [-0.05, 0) is 42.3 Å². The zero-order valence-corrected chi connectivity index (χ0v) is 23.3. The summed E-state index contributed by atoms with van der Waals surface area (Å²) in [6.45, 7) is 13.5. The van der Waals surface area contributed by atoms with Gasteiger partial charge in [0.05, 0.1) is 18.6 Å². The third-order valence-corrected chi connectivity index (χ3v) is 7.45. The van der Waals surface area contributed by atoms with Gasteiger partial charge in [-0.15, -0.1) is 0 Å². The van der Waals surface area contributed by atoms with Gasteiger partial charge >= 0.3 is 0 Å². The van der Waals surface area contributed by atoms with Crippen molar-refractivity contribution in [2.24, 2.45) is 5.92 Å². The van der Waals surface area contributed by atoms with Gasteiger partial charge in [0.25, 0.3) is 11.5 Å². The first-order valence-electron chi connectivity index (χ1n) is 12.4. The maximum Gasteiger partial charge on any atom is 0.263 e. The Bertz CT molecular complexity index is 1200. The van der Waals surface area contributed by atoms with Crippen LogP contribution in [0.4, 0.5) is 11.4 Å². The number of imidazole rings is 1. The molecule has 0 aliphatic carbocycles. The molecule has 0 aliphatic heterocycles. The summed E-state index contributed by atoms with van der Waals surface area (Å²) >= 11 is 0. The van der Waals surface area contributed by atoms with E-state index in [0.29, 0.717) is 19.8 Å². The third-order valence-electron chi connectivity index (χ3n) is 5.75. The Morgan fingerprint density at radius 2 is 1.92 bits per heavy atom. The van der Waals surface area contributed by atoms with Crippen molar-refractivity contribution >= 4 is 25.4 Å². The fourth-order valence-corrected chi connectivity index (χ4v) is 4.50. The van der Waals surface area contributed by atoms with Crippen LogP contribution in [0.3, 0.4) is 0 Å². The number of carbonyl (C=O) groups is 1. The van der Waals surface area contributed by atoms with E-state index in [-0.39, 0.29) is 22.9 Å². The van der Waals surface area contributed by atoms with Gasteiger partial charge in [0.15, 0.2) is 0 Å². The van der Waals surface area contributed by atoms with Crippen LogP contribution in [-0.4, -0.2) is 48.7 Å². The van der Waals surface area contributed by atoms with E-state index in [1.54, 1.807) is 23.4 Å². The number of nitrogens with one attached hydrogen (secondary N) is 1. The van der Waals surface area contributed by atoms with Crippen molar-refractivity contribution in [3.8, 4) is 0 Å². The zero-order chi connectivity index (χ0) is 26.3. The van der Waals surface area contributed by atoms with Crippen LogP contribution < -0.4 is 15.4 Å². The second kappa shape index (κ2) is 12.2. The standard InChI is InChI=1S/C27H39N5O3Si/c1-21(2)16-32(27(34)25-11-8-12-28-26(25)33)24-10-7-9-23(15-24)30(3)17-22-18-31(19-29-22)20-35-13-14-36(4,5)6/h7-12,15,18-19,21H,13-14,16-17,20H2,1-6H3,(H,28,33). The molecule has 0 radical (unpaired) electrons. The Morgan fingerprint density at radius 1 is 1.17 bits per heavy atom. The van der Waals surface area contributed by atoms with Gasteiger partial charge in [-0.1, -0.05) is 39.6 Å². The lowest BCUT2D eigenvalue weighted by Crippen LogP contribution is -2.37. The van der Waals surface area contributed by atoms with Crippen LogP contribution in [0.15, 0.2) is 59.9 Å². The number of hydrogen-bond donors (Lipinski definition) is 1. The molecule has 0 spiro atoms. The van der Waals surface area contributed by atoms with E-state index in [1.807, 2.05) is 42.1 Å². The Kier molecular flexibility index (Phi) is 9.28. The minimum Gasteiger partial charge on any atom is -0.369 e. The van der Waals surface area contributed by atoms with Gasteiger partial charge in [0.2, 0.25) is 0 Å². The topological polar surface area (TPSA) is 83.5 Å². The van der Waals surface area contributed by atoms with Crippen LogP contribution in [0, 0.1) is 5.92 Å². The van der Waals surface area contributed by atoms with Gasteiger partial charge in [0.1, 0.15) is 12.3 Å². The summed E-state index contributed by atoms with van der Waals surface area (Å²) in [7, 11) is 0.900. The first-order chi connectivity index (χ1) is 17.0. The number of benzene rings is 1. The molecule has 0 unspecified atom stereocenters. The predicted molar refractivity (Wildman–Crippen MR) is 148 cm³/mol. The predicted octanol–water partition coefficient (Wildman–Crippen LogP) is 4.82. The van der Waals surface area contributed by atoms with Crippen LogP contribution in [0.2, 0.25) is 25.7 Å². The van der Waals surface area contributed by atoms with Gasteiger partial charge in [-0.25, -0.2) is 4.98 Å². The fourth-order valence-electron chi connectivity index (χ4n) is 3.75. The van der Waals surface area contributed by atoms with E-state index < -0.39 is 8.07 Å². The lowest BCUT2D eigenvalue weighted by Gasteiger charge is -2.26. The molecular formula is C27H39N5O3Si. The molecule has 0 aliphatic rings. The molecule has 1 amide bonds. The molecule has 9 heteroatoms. The van der Waals surface area contributed by atoms with E-state index in [1.165, 1.54) is 6.20 Å². The number of aromatic amines is 1. The Balaban J connectivity index is 1.70. The lowest BCUT2D eigenvalue weighted by atomic mass is 10.1. The SMILES string of the molecule is CC(C)CN(C(=O)c1ccc[nH]c1=O)c1cccc(N(C)Cc2cn(COCC[Si](C)(C)C)cn2)c1. The van der Waals surface area contributed by atoms with E-state index in [4.69, 9.17) is 4.74 Å². The average molecular weight is 510 g/mol. The number of amides is 1. The minimum atomic E-state index is -1.10. The molecule has 36 heavy (non-hydrogen) atoms. The van der Waals surface area contributed by atoms with Crippen LogP contribution in [-0.2, 0) is 18.0 Å². The number of H-pyrrole nitrogens is 1. The summed E-state index contributed by atoms with van der Waals surface area (Å²) in [5.74, 6) is -0.0757. The quantitative estimate of drug-likeness (QED) is 0.279. The van der Waals surface area contributed by atoms with Crippen molar-refractivity contribution in [3.05, 3.63) is 76.7 Å². The summed E-state index contributed by atoms with van der Waals surface area (Å²) < 4.78 is 7.78. The third kappa shape index (κ3) is 7.92. The Labute approximate surface area is 214 Å². The number of carbonyl (C=O) groups excluding carboxylic acids is 1. The molecular weight excluding hydrogens is 470 g/mol. The second-order valence-corrected chi connectivity index (χ2v) is 16.4. The van der Waals surface area contributed by atoms with Crippen LogP contribution in [0.1, 0.15) is 29.9 Å². The fraction of sp³-hybridized carbons (Fsp3) is 0.444. The van der Waals surface area contributed by atoms with Crippen molar-refractivity contribution in [1.82, 2.24) is 14.5 Å². The molecule has 1 aromatic carbocycles. The largest absolute Gasteiger partial charge is 0.369 e. The van der Waals surface area contributed by atoms with Crippen molar-refractivity contribution in [2.45, 2.75) is 52.8 Å². The summed E-state index contributed by atoms with van der Waals surface area (Å²) in [6.07, 6.45) is 5.34. The number of ether oxygens (including phenoxy) is 1. The summed E-state index contributed by atoms with van der Waals surface area (Å²) in [5.41, 5.74) is 2.39. The lowest BCUT2D eigenvalue weighted by molar-refractivity contribution is 0.0871. The molecule has 0 atom stereocenters. The van der Waals surface area contributed by atoms with Gasteiger partial charge < -0.3 is 24.1 Å². The van der Waals surface area contributed by atoms with Crippen molar-refractivity contribution in [3.63, 3.8) is 0 Å². The molecule has 2 heterocycles. The molecule has 2 aromatic heterocycles. The van der Waals surface area contributed by atoms with Crippen molar-refractivity contribution < 1.29 is 9.53 Å². The summed E-state index contributed by atoms with van der Waals surface area (Å²) in [6, 6.07) is 12.2. The molecule has 194 valence electrons. The first-order valence-corrected chi connectivity index (χ1v) is 16.1. The maximum absolute atomic E-state index is 13.3. The molecule has 1 N–H and O–H groups in total. The number of pyridine rings is 1. The first kappa shape index (κ1) is 27.4. The molecule has 0 saturated carbocycles.